The number of nitrogens with two attached hydrogens (primary N) is 3. The predicted octanol–water partition coefficient (Wildman–Crippen LogP) is -4.30. The summed E-state index contributed by atoms with van der Waals surface area (Å²) in [7, 11) is 0. The van der Waals surface area contributed by atoms with Crippen LogP contribution in [0.25, 0.3) is 0 Å². The lowest BCUT2D eigenvalue weighted by Gasteiger charge is -2.26. The van der Waals surface area contributed by atoms with Crippen LogP contribution >= 0.6 is 11.8 Å². The summed E-state index contributed by atoms with van der Waals surface area (Å²) in [5.74, 6) is -6.18. The molecule has 4 heterocycles. The Bertz CT molecular complexity index is 2590. The summed E-state index contributed by atoms with van der Waals surface area (Å²) in [5, 5.41) is 45.4. The van der Waals surface area contributed by atoms with Gasteiger partial charge in [-0.15, -0.1) is 5.10 Å². The van der Waals surface area contributed by atoms with Crippen molar-refractivity contribution in [3.63, 3.8) is 0 Å². The molecule has 2 fully saturated rings. The summed E-state index contributed by atoms with van der Waals surface area (Å²) in [6.07, 6.45) is 5.25. The molecule has 2 bridgehead atoms. The number of ether oxygens (including phenoxy) is 3. The maximum atomic E-state index is 14.2. The zero-order chi connectivity index (χ0) is 61.7. The Labute approximate surface area is 496 Å². The molecule has 1 aromatic carbocycles. The number of rotatable bonds is 25. The highest BCUT2D eigenvalue weighted by molar-refractivity contribution is 8.00. The molecule has 8 atom stereocenters. The fourth-order valence-electron chi connectivity index (χ4n) is 9.28. The van der Waals surface area contributed by atoms with E-state index in [4.69, 9.17) is 31.4 Å². The molecule has 85 heavy (non-hydrogen) atoms. The lowest BCUT2D eigenvalue weighted by molar-refractivity contribution is -0.134. The van der Waals surface area contributed by atoms with E-state index in [0.717, 1.165) is 25.0 Å². The van der Waals surface area contributed by atoms with Crippen LogP contribution in [0.2, 0.25) is 0 Å². The van der Waals surface area contributed by atoms with E-state index in [2.05, 4.69) is 68.5 Å². The Kier molecular flexibility index (Phi) is 28.9. The number of aliphatic imine (C=N–C) groups is 1. The SMILES string of the molecule is CC(C)C1NC(=O)CNC(=O)CNC(=O)C(Cc2ccc(O)cc2)NC(=O)C(NC(=O)COCCOCCOCCNC(=O)CCCC[C@H]2SCC3NC(=O)NC32)Cc2cn(nn2)CCCCC(C(N)=O)NC(=O)C(CCCN=C(N)N)NC1=O. The molecule has 5 rings (SSSR count). The average Bonchev–Trinajstić information content (AvgIpc) is 3.47. The Morgan fingerprint density at radius 3 is 2.22 bits per heavy atom. The molecule has 31 nitrogen and oxygen atoms in total. The third-order valence-corrected chi connectivity index (χ3v) is 15.3. The van der Waals surface area contributed by atoms with E-state index in [1.54, 1.807) is 20.0 Å². The minimum atomic E-state index is -1.37. The maximum absolute atomic E-state index is 14.2. The van der Waals surface area contributed by atoms with Gasteiger partial charge in [-0.2, -0.15) is 11.8 Å². The molecule has 2 aromatic rings. The number of amides is 11. The van der Waals surface area contributed by atoms with Crippen LogP contribution in [-0.4, -0.2) is 204 Å². The standard InChI is InChI=1S/C53H83N17O14S/c1-31(2)45-51(80)63-36(9-7-16-58-52(55)56)49(78)62-35(47(54)76)8-5-6-18-70-28-33(68-69-70)25-38(50(79)64-37(24-32-12-14-34(71)15-13-32)48(77)60-26-42(73)59-27-43(74)66-45)61-44(75)29-84-23-22-83-21-20-82-19-17-57-41(72)11-4-3-10-40-46-39(30-85-40)65-53(81)67-46/h12-15,28,31,35-40,45-46,71H,3-11,16-27,29-30H2,1-2H3,(H2,54,76)(H,57,72)(H,59,73)(H,60,77)(H,61,75)(H,62,78)(H,63,80)(H,64,79)(H,66,74)(H4,55,56,58)(H2,65,67,81)/t35?,36?,37?,38?,39?,40-,45?,46?/m1/s1. The van der Waals surface area contributed by atoms with Crippen molar-refractivity contribution in [1.29, 1.82) is 0 Å². The van der Waals surface area contributed by atoms with Gasteiger partial charge in [0.1, 0.15) is 42.6 Å². The number of primary amides is 1. The first kappa shape index (κ1) is 67.9. The summed E-state index contributed by atoms with van der Waals surface area (Å²) in [6.45, 7) is 3.05. The number of guanidine groups is 1. The number of hydrogen-bond donors (Lipinski definition) is 14. The van der Waals surface area contributed by atoms with Crippen LogP contribution in [0.3, 0.4) is 0 Å². The van der Waals surface area contributed by atoms with Gasteiger partial charge in [0.2, 0.25) is 53.2 Å². The number of carbonyl (C=O) groups is 10. The number of aromatic hydroxyl groups is 1. The minimum Gasteiger partial charge on any atom is -0.508 e. The molecule has 17 N–H and O–H groups in total. The number of unbranched alkanes of at least 4 members (excludes halogenated alkanes) is 1. The van der Waals surface area contributed by atoms with Gasteiger partial charge in [0.05, 0.1) is 63.9 Å². The van der Waals surface area contributed by atoms with Crippen LogP contribution in [0.4, 0.5) is 4.79 Å². The van der Waals surface area contributed by atoms with Gasteiger partial charge in [-0.1, -0.05) is 37.6 Å². The summed E-state index contributed by atoms with van der Waals surface area (Å²) < 4.78 is 18.1. The second kappa shape index (κ2) is 36.1. The molecule has 32 heteroatoms. The number of aromatic nitrogens is 3. The van der Waals surface area contributed by atoms with Crippen molar-refractivity contribution in [2.75, 3.05) is 71.6 Å². The molecule has 3 aliphatic rings. The first-order valence-electron chi connectivity index (χ1n) is 28.5. The highest BCUT2D eigenvalue weighted by atomic mass is 32.2. The van der Waals surface area contributed by atoms with Gasteiger partial charge in [-0.05, 0) is 68.6 Å². The maximum Gasteiger partial charge on any atom is 0.315 e. The van der Waals surface area contributed by atoms with Crippen molar-refractivity contribution in [1.82, 2.24) is 68.2 Å². The third kappa shape index (κ3) is 25.1. The number of nitrogens with one attached hydrogen (secondary N) is 10. The highest BCUT2D eigenvalue weighted by Crippen LogP contribution is 2.33. The first-order chi connectivity index (χ1) is 40.7. The normalized spacial score (nSPS) is 23.1. The number of phenolic OH excluding ortho intramolecular Hbond substituents is 1. The fraction of sp³-hybridized carbons (Fsp3) is 0.642. The second-order valence-corrected chi connectivity index (χ2v) is 22.2. The number of urea groups is 1. The lowest BCUT2D eigenvalue weighted by atomic mass is 10.0. The molecule has 0 spiro atoms. The monoisotopic (exact) mass is 1210 g/mol. The molecule has 7 unspecified atom stereocenters. The fourth-order valence-corrected chi connectivity index (χ4v) is 10.8. The van der Waals surface area contributed by atoms with E-state index < -0.39 is 103 Å². The first-order valence-corrected chi connectivity index (χ1v) is 29.5. The summed E-state index contributed by atoms with van der Waals surface area (Å²) in [6, 6.07) is -0.274. The number of carbonyl (C=O) groups excluding carboxylic acids is 10. The average molecular weight is 1210 g/mol. The lowest BCUT2D eigenvalue weighted by Crippen LogP contribution is -2.58. The smallest absolute Gasteiger partial charge is 0.315 e. The van der Waals surface area contributed by atoms with Crippen LogP contribution < -0.4 is 70.4 Å². The van der Waals surface area contributed by atoms with Crippen molar-refractivity contribution >= 4 is 76.9 Å². The molecule has 0 radical (unpaired) electrons. The summed E-state index contributed by atoms with van der Waals surface area (Å²) in [4.78, 5) is 136. The molecule has 0 aliphatic carbocycles. The number of nitrogens with zero attached hydrogens (tertiary/aromatic N) is 4. The van der Waals surface area contributed by atoms with Gasteiger partial charge >= 0.3 is 6.03 Å². The van der Waals surface area contributed by atoms with Crippen molar-refractivity contribution in [3.8, 4) is 5.75 Å². The van der Waals surface area contributed by atoms with Crippen LogP contribution in [0.15, 0.2) is 35.5 Å². The van der Waals surface area contributed by atoms with Gasteiger partial charge in [0.25, 0.3) is 0 Å². The molecule has 11 amide bonds. The van der Waals surface area contributed by atoms with E-state index in [9.17, 15) is 53.1 Å². The molecule has 0 saturated carbocycles. The Balaban J connectivity index is 1.17. The van der Waals surface area contributed by atoms with E-state index in [1.165, 1.54) is 28.9 Å². The molecule has 2 saturated heterocycles. The van der Waals surface area contributed by atoms with E-state index in [0.29, 0.717) is 36.6 Å². The van der Waals surface area contributed by atoms with Crippen LogP contribution in [0.5, 0.6) is 5.75 Å². The number of phenols is 1. The van der Waals surface area contributed by atoms with Crippen molar-refractivity contribution in [2.24, 2.45) is 28.1 Å². The Morgan fingerprint density at radius 1 is 0.776 bits per heavy atom. The largest absolute Gasteiger partial charge is 0.508 e. The number of hydrogen-bond acceptors (Lipinski definition) is 18. The van der Waals surface area contributed by atoms with Gasteiger partial charge in [0.15, 0.2) is 5.96 Å². The Morgan fingerprint density at radius 2 is 1.49 bits per heavy atom. The minimum absolute atomic E-state index is 0.00177. The van der Waals surface area contributed by atoms with E-state index >= 15 is 0 Å². The molecule has 470 valence electrons. The zero-order valence-electron chi connectivity index (χ0n) is 48.0. The van der Waals surface area contributed by atoms with E-state index in [1.807, 2.05) is 11.8 Å². The second-order valence-electron chi connectivity index (χ2n) is 21.0. The van der Waals surface area contributed by atoms with Gasteiger partial charge in [-0.3, -0.25) is 52.8 Å². The van der Waals surface area contributed by atoms with Gasteiger partial charge in [-0.25, -0.2) is 4.79 Å². The van der Waals surface area contributed by atoms with E-state index in [-0.39, 0.29) is 120 Å². The van der Waals surface area contributed by atoms with Crippen LogP contribution in [0.1, 0.15) is 82.9 Å². The number of benzene rings is 1. The van der Waals surface area contributed by atoms with Crippen molar-refractivity contribution in [3.05, 3.63) is 41.7 Å². The summed E-state index contributed by atoms with van der Waals surface area (Å²) >= 11 is 1.85. The van der Waals surface area contributed by atoms with Gasteiger partial charge in [0, 0.05) is 56.1 Å². The predicted molar refractivity (Wildman–Crippen MR) is 308 cm³/mol. The van der Waals surface area contributed by atoms with Gasteiger partial charge < -0.3 is 89.7 Å². The van der Waals surface area contributed by atoms with Crippen LogP contribution in [0, 0.1) is 5.92 Å². The number of thioether (sulfide) groups is 1. The number of fused-ring (bicyclic) bond motifs is 3. The van der Waals surface area contributed by atoms with Crippen LogP contribution in [-0.2, 0) is 76.7 Å². The topological polar surface area (TPSA) is 460 Å². The van der Waals surface area contributed by atoms with Crippen molar-refractivity contribution < 1.29 is 67.3 Å². The Hall–Kier alpha value is -7.84. The molecular weight excluding hydrogens is 1130 g/mol. The number of aryl methyl sites for hydroxylation is 1. The third-order valence-electron chi connectivity index (χ3n) is 13.8. The summed E-state index contributed by atoms with van der Waals surface area (Å²) in [5.41, 5.74) is 17.4. The zero-order valence-corrected chi connectivity index (χ0v) is 48.8. The molecular formula is C53H83N17O14S. The van der Waals surface area contributed by atoms with Crippen molar-refractivity contribution in [2.45, 2.75) is 139 Å². The molecule has 3 aliphatic heterocycles. The molecule has 1 aromatic heterocycles. The quantitative estimate of drug-likeness (QED) is 0.0194. The highest BCUT2D eigenvalue weighted by Gasteiger charge is 2.42.